The molecular formula is C13H18N4O3. The summed E-state index contributed by atoms with van der Waals surface area (Å²) in [4.78, 5) is 22.3. The van der Waals surface area contributed by atoms with Crippen LogP contribution in [0.2, 0.25) is 0 Å². The number of hydrogen-bond acceptors (Lipinski definition) is 5. The second kappa shape index (κ2) is 5.62. The number of nitrogens with zero attached hydrogens (tertiary/aromatic N) is 3. The zero-order chi connectivity index (χ0) is 13.9. The third-order valence-electron chi connectivity index (χ3n) is 3.65. The van der Waals surface area contributed by atoms with Crippen LogP contribution in [0.5, 0.6) is 5.88 Å². The molecule has 1 saturated heterocycles. The van der Waals surface area contributed by atoms with Gasteiger partial charge in [0, 0.05) is 6.54 Å². The third kappa shape index (κ3) is 2.82. The van der Waals surface area contributed by atoms with E-state index in [1.165, 1.54) is 32.3 Å². The number of amides is 2. The summed E-state index contributed by atoms with van der Waals surface area (Å²) in [5.74, 6) is 1.36. The molecule has 1 saturated carbocycles. The Morgan fingerprint density at radius 1 is 1.50 bits per heavy atom. The lowest BCUT2D eigenvalue weighted by Gasteiger charge is -2.35. The van der Waals surface area contributed by atoms with Gasteiger partial charge in [-0.15, -0.1) is 0 Å². The molecule has 1 N–H and O–H groups in total. The van der Waals surface area contributed by atoms with Gasteiger partial charge in [0.05, 0.1) is 38.8 Å². The van der Waals surface area contributed by atoms with Crippen molar-refractivity contribution in [2.45, 2.75) is 18.9 Å². The van der Waals surface area contributed by atoms with Gasteiger partial charge in [-0.1, -0.05) is 0 Å². The molecule has 0 spiro atoms. The van der Waals surface area contributed by atoms with Crippen molar-refractivity contribution in [3.05, 3.63) is 12.4 Å². The molecule has 108 valence electrons. The smallest absolute Gasteiger partial charge is 0.323 e. The molecule has 7 nitrogen and oxygen atoms in total. The average Bonchev–Trinajstić information content (AvgIpc) is 3.32. The number of morpholine rings is 1. The van der Waals surface area contributed by atoms with Crippen LogP contribution >= 0.6 is 0 Å². The van der Waals surface area contributed by atoms with Gasteiger partial charge in [-0.05, 0) is 18.8 Å². The SMILES string of the molecule is COc1cncc(NC(=O)N2CCOCC2C2CC2)n1. The predicted molar refractivity (Wildman–Crippen MR) is 71.6 cm³/mol. The van der Waals surface area contributed by atoms with E-state index >= 15 is 0 Å². The Balaban J connectivity index is 1.67. The van der Waals surface area contributed by atoms with Crippen LogP contribution in [-0.2, 0) is 4.74 Å². The van der Waals surface area contributed by atoms with Crippen molar-refractivity contribution in [2.75, 3.05) is 32.2 Å². The van der Waals surface area contributed by atoms with Gasteiger partial charge in [0.1, 0.15) is 0 Å². The van der Waals surface area contributed by atoms with E-state index < -0.39 is 0 Å². The fraction of sp³-hybridized carbons (Fsp3) is 0.615. The first-order valence-electron chi connectivity index (χ1n) is 6.79. The topological polar surface area (TPSA) is 76.6 Å². The van der Waals surface area contributed by atoms with Crippen LogP contribution in [0.4, 0.5) is 10.6 Å². The zero-order valence-corrected chi connectivity index (χ0v) is 11.4. The van der Waals surface area contributed by atoms with E-state index in [2.05, 4.69) is 15.3 Å². The Kier molecular flexibility index (Phi) is 3.68. The fourth-order valence-corrected chi connectivity index (χ4v) is 2.43. The molecule has 0 aromatic carbocycles. The van der Waals surface area contributed by atoms with Crippen LogP contribution in [0.15, 0.2) is 12.4 Å². The summed E-state index contributed by atoms with van der Waals surface area (Å²) in [7, 11) is 1.51. The Morgan fingerprint density at radius 2 is 2.35 bits per heavy atom. The van der Waals surface area contributed by atoms with Gasteiger partial charge in [-0.3, -0.25) is 10.3 Å². The van der Waals surface area contributed by atoms with Crippen molar-refractivity contribution in [3.63, 3.8) is 0 Å². The first kappa shape index (κ1) is 13.1. The van der Waals surface area contributed by atoms with Gasteiger partial charge in [-0.2, -0.15) is 4.98 Å². The maximum Gasteiger partial charge on any atom is 0.323 e. The Bertz CT molecular complexity index is 492. The molecule has 1 atom stereocenters. The van der Waals surface area contributed by atoms with E-state index in [9.17, 15) is 4.79 Å². The Morgan fingerprint density at radius 3 is 3.10 bits per heavy atom. The number of urea groups is 1. The Labute approximate surface area is 117 Å². The monoisotopic (exact) mass is 278 g/mol. The first-order valence-corrected chi connectivity index (χ1v) is 6.79. The first-order chi connectivity index (χ1) is 9.78. The number of rotatable bonds is 3. The van der Waals surface area contributed by atoms with E-state index in [1.54, 1.807) is 0 Å². The van der Waals surface area contributed by atoms with Crippen molar-refractivity contribution in [1.82, 2.24) is 14.9 Å². The van der Waals surface area contributed by atoms with Gasteiger partial charge in [0.2, 0.25) is 5.88 Å². The highest BCUT2D eigenvalue weighted by molar-refractivity contribution is 5.88. The third-order valence-corrected chi connectivity index (χ3v) is 3.65. The lowest BCUT2D eigenvalue weighted by atomic mass is 10.1. The van der Waals surface area contributed by atoms with Crippen LogP contribution in [-0.4, -0.2) is 53.8 Å². The molecule has 0 bridgehead atoms. The summed E-state index contributed by atoms with van der Waals surface area (Å²) < 4.78 is 10.5. The number of methoxy groups -OCH3 is 1. The minimum Gasteiger partial charge on any atom is -0.480 e. The minimum absolute atomic E-state index is 0.146. The normalized spacial score (nSPS) is 22.4. The zero-order valence-electron chi connectivity index (χ0n) is 11.4. The molecule has 2 fully saturated rings. The number of anilines is 1. The van der Waals surface area contributed by atoms with E-state index in [1.807, 2.05) is 4.90 Å². The van der Waals surface area contributed by atoms with E-state index in [-0.39, 0.29) is 12.1 Å². The standard InChI is InChI=1S/C13H18N4O3/c1-19-12-7-14-6-11(15-12)16-13(18)17-4-5-20-8-10(17)9-2-3-9/h6-7,9-10H,2-5,8H2,1H3,(H,15,16,18). The molecule has 1 aromatic heterocycles. The van der Waals surface area contributed by atoms with E-state index in [0.717, 1.165) is 0 Å². The molecule has 3 rings (SSSR count). The quantitative estimate of drug-likeness (QED) is 0.896. The Hall–Kier alpha value is -1.89. The summed E-state index contributed by atoms with van der Waals surface area (Å²) in [6, 6.07) is 0.0371. The molecular weight excluding hydrogens is 260 g/mol. The second-order valence-electron chi connectivity index (χ2n) is 5.05. The number of carbonyl (C=O) groups is 1. The van der Waals surface area contributed by atoms with Crippen LogP contribution < -0.4 is 10.1 Å². The van der Waals surface area contributed by atoms with E-state index in [4.69, 9.17) is 9.47 Å². The molecule has 7 heteroatoms. The van der Waals surface area contributed by atoms with Gasteiger partial charge in [0.25, 0.3) is 0 Å². The van der Waals surface area contributed by atoms with Crippen molar-refractivity contribution in [2.24, 2.45) is 5.92 Å². The molecule has 1 unspecified atom stereocenters. The lowest BCUT2D eigenvalue weighted by molar-refractivity contribution is 0.00771. The summed E-state index contributed by atoms with van der Waals surface area (Å²) in [6.07, 6.45) is 5.36. The molecule has 20 heavy (non-hydrogen) atoms. The predicted octanol–water partition coefficient (Wildman–Crippen LogP) is 1.13. The summed E-state index contributed by atoms with van der Waals surface area (Å²) in [5.41, 5.74) is 0. The number of aromatic nitrogens is 2. The highest BCUT2D eigenvalue weighted by atomic mass is 16.5. The molecule has 0 radical (unpaired) electrons. The summed E-state index contributed by atoms with van der Waals surface area (Å²) in [5, 5.41) is 2.78. The van der Waals surface area contributed by atoms with Gasteiger partial charge in [-0.25, -0.2) is 4.79 Å². The maximum absolute atomic E-state index is 12.4. The number of ether oxygens (including phenoxy) is 2. The van der Waals surface area contributed by atoms with Crippen LogP contribution in [0.25, 0.3) is 0 Å². The molecule has 1 aliphatic carbocycles. The molecule has 1 aliphatic heterocycles. The highest BCUT2D eigenvalue weighted by Crippen LogP contribution is 2.36. The summed E-state index contributed by atoms with van der Waals surface area (Å²) in [6.45, 7) is 1.83. The van der Waals surface area contributed by atoms with Gasteiger partial charge < -0.3 is 14.4 Å². The largest absolute Gasteiger partial charge is 0.480 e. The minimum atomic E-state index is -0.146. The van der Waals surface area contributed by atoms with Crippen molar-refractivity contribution >= 4 is 11.8 Å². The molecule has 2 aliphatic rings. The fourth-order valence-electron chi connectivity index (χ4n) is 2.43. The average molecular weight is 278 g/mol. The highest BCUT2D eigenvalue weighted by Gasteiger charge is 2.39. The lowest BCUT2D eigenvalue weighted by Crippen LogP contribution is -2.51. The second-order valence-corrected chi connectivity index (χ2v) is 5.05. The maximum atomic E-state index is 12.4. The number of nitrogens with one attached hydrogen (secondary N) is 1. The molecule has 2 heterocycles. The number of carbonyl (C=O) groups excluding carboxylic acids is 1. The van der Waals surface area contributed by atoms with Crippen molar-refractivity contribution < 1.29 is 14.3 Å². The van der Waals surface area contributed by atoms with Crippen LogP contribution in [0.1, 0.15) is 12.8 Å². The number of hydrogen-bond donors (Lipinski definition) is 1. The molecule has 2 amide bonds. The van der Waals surface area contributed by atoms with Crippen LogP contribution in [0.3, 0.4) is 0 Å². The van der Waals surface area contributed by atoms with Crippen molar-refractivity contribution in [1.29, 1.82) is 0 Å². The van der Waals surface area contributed by atoms with Crippen LogP contribution in [0, 0.1) is 5.92 Å². The van der Waals surface area contributed by atoms with Gasteiger partial charge >= 0.3 is 6.03 Å². The molecule has 1 aromatic rings. The summed E-state index contributed by atoms with van der Waals surface area (Å²) >= 11 is 0. The van der Waals surface area contributed by atoms with E-state index in [0.29, 0.717) is 37.4 Å². The van der Waals surface area contributed by atoms with Crippen molar-refractivity contribution in [3.8, 4) is 5.88 Å². The van der Waals surface area contributed by atoms with Gasteiger partial charge in [0.15, 0.2) is 5.82 Å².